The van der Waals surface area contributed by atoms with Gasteiger partial charge in [0.25, 0.3) is 0 Å². The molecule has 2 rings (SSSR count). The van der Waals surface area contributed by atoms with E-state index >= 15 is 0 Å². The Morgan fingerprint density at radius 2 is 1.88 bits per heavy atom. The topological polar surface area (TPSA) is 70.1 Å². The normalized spacial score (nSPS) is 18.2. The molecule has 1 fully saturated rings. The van der Waals surface area contributed by atoms with Crippen molar-refractivity contribution in [3.8, 4) is 0 Å². The Hall–Kier alpha value is -2.24. The molecule has 0 bridgehead atoms. The maximum atomic E-state index is 12.5. The third-order valence-corrected chi connectivity index (χ3v) is 4.32. The minimum atomic E-state index is -0.932. The molecule has 1 aliphatic rings. The second-order valence-electron chi connectivity index (χ2n) is 8.23. The molecule has 0 aliphatic carbocycles. The van der Waals surface area contributed by atoms with Gasteiger partial charge in [0.2, 0.25) is 0 Å². The highest BCUT2D eigenvalue weighted by atomic mass is 16.6. The number of hydrogen-bond acceptors (Lipinski definition) is 4. The van der Waals surface area contributed by atoms with Crippen LogP contribution in [0.1, 0.15) is 51.4 Å². The minimum Gasteiger partial charge on any atom is -0.478 e. The van der Waals surface area contributed by atoms with Gasteiger partial charge in [0.05, 0.1) is 11.3 Å². The van der Waals surface area contributed by atoms with Gasteiger partial charge in [-0.15, -0.1) is 0 Å². The Morgan fingerprint density at radius 3 is 2.46 bits per heavy atom. The fraction of sp³-hybridized carbons (Fsp3) is 0.600. The van der Waals surface area contributed by atoms with Crippen LogP contribution in [-0.4, -0.2) is 53.3 Å². The predicted octanol–water partition coefficient (Wildman–Crippen LogP) is 3.86. The maximum absolute atomic E-state index is 12.5. The number of piperazine rings is 1. The van der Waals surface area contributed by atoms with Crippen molar-refractivity contribution in [2.45, 2.75) is 52.7 Å². The van der Waals surface area contributed by atoms with Gasteiger partial charge >= 0.3 is 12.1 Å². The van der Waals surface area contributed by atoms with Crippen molar-refractivity contribution >= 4 is 17.7 Å². The Bertz CT molecular complexity index is 651. The summed E-state index contributed by atoms with van der Waals surface area (Å²) in [5.74, 6) is -0.503. The van der Waals surface area contributed by atoms with Gasteiger partial charge in [0, 0.05) is 25.7 Å². The number of ether oxygens (including phenoxy) is 1. The molecule has 1 aromatic rings. The summed E-state index contributed by atoms with van der Waals surface area (Å²) in [5, 5.41) is 9.52. The van der Waals surface area contributed by atoms with Crippen LogP contribution in [0.15, 0.2) is 24.3 Å². The number of rotatable bonds is 4. The lowest BCUT2D eigenvalue weighted by molar-refractivity contribution is 0.0208. The SMILES string of the molecule is CC(C)C[C@@H]1CN(C(=O)OC(C)(C)C)CCN1c1ccccc1C(=O)O. The summed E-state index contributed by atoms with van der Waals surface area (Å²) in [6.07, 6.45) is 0.560. The summed E-state index contributed by atoms with van der Waals surface area (Å²) >= 11 is 0. The molecule has 1 atom stereocenters. The molecule has 0 aromatic heterocycles. The molecule has 1 N–H and O–H groups in total. The fourth-order valence-corrected chi connectivity index (χ4v) is 3.32. The largest absolute Gasteiger partial charge is 0.478 e. The van der Waals surface area contributed by atoms with Crippen molar-refractivity contribution in [2.24, 2.45) is 5.92 Å². The number of carbonyl (C=O) groups excluding carboxylic acids is 1. The van der Waals surface area contributed by atoms with Gasteiger partial charge in [0.15, 0.2) is 0 Å². The second kappa shape index (κ2) is 7.98. The number of para-hydroxylation sites is 1. The number of carbonyl (C=O) groups is 2. The lowest BCUT2D eigenvalue weighted by Crippen LogP contribution is -2.56. The van der Waals surface area contributed by atoms with Crippen LogP contribution in [0.25, 0.3) is 0 Å². The number of anilines is 1. The number of hydrogen-bond donors (Lipinski definition) is 1. The first-order valence-corrected chi connectivity index (χ1v) is 9.15. The van der Waals surface area contributed by atoms with Gasteiger partial charge in [0.1, 0.15) is 5.60 Å². The van der Waals surface area contributed by atoms with E-state index in [1.54, 1.807) is 17.0 Å². The summed E-state index contributed by atoms with van der Waals surface area (Å²) in [7, 11) is 0. The lowest BCUT2D eigenvalue weighted by Gasteiger charge is -2.44. The molecule has 6 heteroatoms. The standard InChI is InChI=1S/C20H30N2O4/c1-14(2)12-15-13-21(19(25)26-20(3,4)5)10-11-22(15)17-9-7-6-8-16(17)18(23)24/h6-9,14-15H,10-13H2,1-5H3,(H,23,24)/t15-/m1/s1. The van der Waals surface area contributed by atoms with Crippen LogP contribution in [-0.2, 0) is 4.74 Å². The molecule has 0 unspecified atom stereocenters. The predicted molar refractivity (Wildman–Crippen MR) is 102 cm³/mol. The van der Waals surface area contributed by atoms with Gasteiger partial charge in [-0.3, -0.25) is 0 Å². The Morgan fingerprint density at radius 1 is 1.23 bits per heavy atom. The van der Waals surface area contributed by atoms with Crippen LogP contribution in [0.2, 0.25) is 0 Å². The first-order chi connectivity index (χ1) is 12.1. The van der Waals surface area contributed by atoms with Gasteiger partial charge in [-0.05, 0) is 45.2 Å². The number of nitrogens with zero attached hydrogens (tertiary/aromatic N) is 2. The molecule has 1 heterocycles. The van der Waals surface area contributed by atoms with Crippen LogP contribution < -0.4 is 4.90 Å². The van der Waals surface area contributed by atoms with Crippen molar-refractivity contribution in [1.82, 2.24) is 4.90 Å². The molecule has 0 saturated carbocycles. The third-order valence-electron chi connectivity index (χ3n) is 4.32. The zero-order valence-electron chi connectivity index (χ0n) is 16.4. The molecule has 1 aliphatic heterocycles. The summed E-state index contributed by atoms with van der Waals surface area (Å²) in [6.45, 7) is 11.5. The van der Waals surface area contributed by atoms with Gasteiger partial charge in [-0.1, -0.05) is 26.0 Å². The molecular weight excluding hydrogens is 332 g/mol. The highest BCUT2D eigenvalue weighted by molar-refractivity contribution is 5.94. The monoisotopic (exact) mass is 362 g/mol. The van der Waals surface area contributed by atoms with E-state index in [1.165, 1.54) is 0 Å². The van der Waals surface area contributed by atoms with Crippen molar-refractivity contribution < 1.29 is 19.4 Å². The quantitative estimate of drug-likeness (QED) is 0.881. The van der Waals surface area contributed by atoms with E-state index < -0.39 is 11.6 Å². The average molecular weight is 362 g/mol. The first-order valence-electron chi connectivity index (χ1n) is 9.15. The summed E-state index contributed by atoms with van der Waals surface area (Å²) in [5.41, 5.74) is 0.485. The minimum absolute atomic E-state index is 0.0526. The molecular formula is C20H30N2O4. The van der Waals surface area contributed by atoms with Crippen molar-refractivity contribution in [3.05, 3.63) is 29.8 Å². The number of benzene rings is 1. The van der Waals surface area contributed by atoms with Gasteiger partial charge in [-0.2, -0.15) is 0 Å². The van der Waals surface area contributed by atoms with Gasteiger partial charge in [-0.25, -0.2) is 9.59 Å². The van der Waals surface area contributed by atoms with Crippen LogP contribution in [0.4, 0.5) is 10.5 Å². The lowest BCUT2D eigenvalue weighted by atomic mass is 9.98. The average Bonchev–Trinajstić information content (AvgIpc) is 2.52. The highest BCUT2D eigenvalue weighted by Crippen LogP contribution is 2.28. The zero-order valence-corrected chi connectivity index (χ0v) is 16.4. The van der Waals surface area contributed by atoms with Crippen molar-refractivity contribution in [3.63, 3.8) is 0 Å². The molecule has 1 amide bonds. The Balaban J connectivity index is 2.24. The smallest absolute Gasteiger partial charge is 0.410 e. The molecule has 144 valence electrons. The van der Waals surface area contributed by atoms with Crippen LogP contribution in [0.3, 0.4) is 0 Å². The molecule has 26 heavy (non-hydrogen) atoms. The Labute approximate surface area is 155 Å². The van der Waals surface area contributed by atoms with E-state index in [9.17, 15) is 14.7 Å². The number of amides is 1. The van der Waals surface area contributed by atoms with E-state index in [4.69, 9.17) is 4.74 Å². The molecule has 1 saturated heterocycles. The summed E-state index contributed by atoms with van der Waals surface area (Å²) in [4.78, 5) is 27.9. The van der Waals surface area contributed by atoms with E-state index in [1.807, 2.05) is 32.9 Å². The van der Waals surface area contributed by atoms with E-state index in [2.05, 4.69) is 18.7 Å². The highest BCUT2D eigenvalue weighted by Gasteiger charge is 2.33. The van der Waals surface area contributed by atoms with E-state index in [-0.39, 0.29) is 12.1 Å². The summed E-state index contributed by atoms with van der Waals surface area (Å²) in [6, 6.07) is 7.12. The molecule has 0 spiro atoms. The maximum Gasteiger partial charge on any atom is 0.410 e. The third kappa shape index (κ3) is 5.13. The van der Waals surface area contributed by atoms with Crippen molar-refractivity contribution in [1.29, 1.82) is 0 Å². The van der Waals surface area contributed by atoms with E-state index in [0.717, 1.165) is 12.1 Å². The zero-order chi connectivity index (χ0) is 19.5. The second-order valence-corrected chi connectivity index (χ2v) is 8.23. The van der Waals surface area contributed by atoms with E-state index in [0.29, 0.717) is 31.1 Å². The summed E-state index contributed by atoms with van der Waals surface area (Å²) < 4.78 is 5.51. The molecule has 1 aromatic carbocycles. The Kier molecular flexibility index (Phi) is 6.16. The molecule has 0 radical (unpaired) electrons. The van der Waals surface area contributed by atoms with Gasteiger partial charge < -0.3 is 19.6 Å². The van der Waals surface area contributed by atoms with Crippen molar-refractivity contribution in [2.75, 3.05) is 24.5 Å². The fourth-order valence-electron chi connectivity index (χ4n) is 3.32. The number of carboxylic acid groups (broad SMARTS) is 1. The van der Waals surface area contributed by atoms with Crippen LogP contribution >= 0.6 is 0 Å². The molecule has 6 nitrogen and oxygen atoms in total. The first kappa shape index (κ1) is 20.1. The number of aromatic carboxylic acids is 1. The van der Waals surface area contributed by atoms with Crippen LogP contribution in [0.5, 0.6) is 0 Å². The van der Waals surface area contributed by atoms with Crippen LogP contribution in [0, 0.1) is 5.92 Å². The number of carboxylic acids is 1.